The van der Waals surface area contributed by atoms with Crippen LogP contribution in [0, 0.1) is 0 Å². The number of ether oxygens (including phenoxy) is 1. The molecule has 1 aromatic rings. The molecule has 2 saturated heterocycles. The summed E-state index contributed by atoms with van der Waals surface area (Å²) in [6.45, 7) is 8.37. The van der Waals surface area contributed by atoms with Crippen molar-refractivity contribution in [1.82, 2.24) is 15.5 Å². The minimum absolute atomic E-state index is 0. The standard InChI is InChI=1S/C20H31N3O2.2ClH/c1-15-7-5-6-11-23(15)14-18-9-4-3-8-17(18)13-22-20(24)19-16(2)25-12-10-21-19;;/h3-4,8-9,15-16,19,21H,5-7,10-14H2,1-2H3,(H,22,24);2*1H/t15?,16-,19+;;/m1../s1. The number of rotatable bonds is 5. The third kappa shape index (κ3) is 6.61. The van der Waals surface area contributed by atoms with Crippen molar-refractivity contribution in [1.29, 1.82) is 0 Å². The fraction of sp³-hybridized carbons (Fsp3) is 0.650. The first-order valence-corrected chi connectivity index (χ1v) is 9.58. The van der Waals surface area contributed by atoms with E-state index in [9.17, 15) is 4.79 Å². The Morgan fingerprint density at radius 2 is 1.96 bits per heavy atom. The van der Waals surface area contributed by atoms with Crippen LogP contribution in [0.25, 0.3) is 0 Å². The van der Waals surface area contributed by atoms with Crippen molar-refractivity contribution in [2.45, 2.75) is 64.4 Å². The van der Waals surface area contributed by atoms with Crippen LogP contribution in [-0.4, -0.2) is 48.7 Å². The Morgan fingerprint density at radius 1 is 1.22 bits per heavy atom. The van der Waals surface area contributed by atoms with Gasteiger partial charge in [-0.2, -0.15) is 0 Å². The first-order chi connectivity index (χ1) is 12.1. The van der Waals surface area contributed by atoms with E-state index in [2.05, 4.69) is 46.7 Å². The molecule has 0 spiro atoms. The lowest BCUT2D eigenvalue weighted by molar-refractivity contribution is -0.129. The number of halogens is 2. The lowest BCUT2D eigenvalue weighted by Crippen LogP contribution is -2.55. The predicted octanol–water partition coefficient (Wildman–Crippen LogP) is 2.90. The second kappa shape index (κ2) is 11.9. The van der Waals surface area contributed by atoms with E-state index < -0.39 is 0 Å². The minimum atomic E-state index is -0.261. The Balaban J connectivity index is 0.00000182. The summed E-state index contributed by atoms with van der Waals surface area (Å²) in [7, 11) is 0. The highest BCUT2D eigenvalue weighted by Gasteiger charge is 2.28. The maximum atomic E-state index is 12.5. The molecule has 0 aromatic heterocycles. The average molecular weight is 418 g/mol. The SMILES string of the molecule is CC1CCCCN1Cc1ccccc1CNC(=O)[C@H]1NCCO[C@@H]1C.Cl.Cl. The number of carbonyl (C=O) groups excluding carboxylic acids is 1. The molecule has 1 unspecified atom stereocenters. The van der Waals surface area contributed by atoms with Gasteiger partial charge in [0.1, 0.15) is 6.04 Å². The first kappa shape index (κ1) is 24.2. The summed E-state index contributed by atoms with van der Waals surface area (Å²) in [5.74, 6) is 0.0216. The summed E-state index contributed by atoms with van der Waals surface area (Å²) in [6.07, 6.45) is 3.82. The molecule has 1 amide bonds. The molecule has 3 rings (SSSR count). The van der Waals surface area contributed by atoms with Gasteiger partial charge in [0, 0.05) is 25.7 Å². The molecule has 2 aliphatic heterocycles. The molecule has 0 bridgehead atoms. The Morgan fingerprint density at radius 3 is 2.67 bits per heavy atom. The van der Waals surface area contributed by atoms with Gasteiger partial charge in [-0.3, -0.25) is 9.69 Å². The van der Waals surface area contributed by atoms with E-state index in [-0.39, 0.29) is 42.9 Å². The molecular formula is C20H33Cl2N3O2. The molecular weight excluding hydrogens is 385 g/mol. The van der Waals surface area contributed by atoms with Gasteiger partial charge in [0.25, 0.3) is 0 Å². The smallest absolute Gasteiger partial charge is 0.240 e. The van der Waals surface area contributed by atoms with Crippen molar-refractivity contribution < 1.29 is 9.53 Å². The highest BCUT2D eigenvalue weighted by Crippen LogP contribution is 2.20. The van der Waals surface area contributed by atoms with Crippen molar-refractivity contribution in [2.75, 3.05) is 19.7 Å². The molecule has 2 aliphatic rings. The van der Waals surface area contributed by atoms with Gasteiger partial charge >= 0.3 is 0 Å². The van der Waals surface area contributed by atoms with Crippen LogP contribution in [0.4, 0.5) is 0 Å². The molecule has 154 valence electrons. The summed E-state index contributed by atoms with van der Waals surface area (Å²) < 4.78 is 5.57. The molecule has 3 atom stereocenters. The van der Waals surface area contributed by atoms with E-state index in [1.165, 1.54) is 36.9 Å². The second-order valence-corrected chi connectivity index (χ2v) is 7.31. The maximum Gasteiger partial charge on any atom is 0.240 e. The molecule has 2 N–H and O–H groups in total. The van der Waals surface area contributed by atoms with Gasteiger partial charge in [0.2, 0.25) is 5.91 Å². The molecule has 5 nitrogen and oxygen atoms in total. The van der Waals surface area contributed by atoms with Crippen LogP contribution in [0.15, 0.2) is 24.3 Å². The second-order valence-electron chi connectivity index (χ2n) is 7.31. The van der Waals surface area contributed by atoms with Crippen molar-refractivity contribution in [3.63, 3.8) is 0 Å². The van der Waals surface area contributed by atoms with Crippen molar-refractivity contribution in [3.05, 3.63) is 35.4 Å². The molecule has 0 aliphatic carbocycles. The summed E-state index contributed by atoms with van der Waals surface area (Å²) in [6, 6.07) is 8.83. The van der Waals surface area contributed by atoms with Gasteiger partial charge in [-0.05, 0) is 44.4 Å². The van der Waals surface area contributed by atoms with Gasteiger partial charge in [-0.1, -0.05) is 30.7 Å². The number of likely N-dealkylation sites (tertiary alicyclic amines) is 1. The number of nitrogens with zero attached hydrogens (tertiary/aromatic N) is 1. The molecule has 0 saturated carbocycles. The number of hydrogen-bond donors (Lipinski definition) is 2. The monoisotopic (exact) mass is 417 g/mol. The predicted molar refractivity (Wildman–Crippen MR) is 114 cm³/mol. The summed E-state index contributed by atoms with van der Waals surface area (Å²) >= 11 is 0. The summed E-state index contributed by atoms with van der Waals surface area (Å²) in [5.41, 5.74) is 2.52. The van der Waals surface area contributed by atoms with E-state index in [0.29, 0.717) is 19.2 Å². The highest BCUT2D eigenvalue weighted by atomic mass is 35.5. The van der Waals surface area contributed by atoms with Crippen LogP contribution < -0.4 is 10.6 Å². The molecule has 7 heteroatoms. The Labute approximate surface area is 175 Å². The van der Waals surface area contributed by atoms with Crippen LogP contribution >= 0.6 is 24.8 Å². The summed E-state index contributed by atoms with van der Waals surface area (Å²) in [4.78, 5) is 15.0. The van der Waals surface area contributed by atoms with Crippen LogP contribution in [0.3, 0.4) is 0 Å². The van der Waals surface area contributed by atoms with Crippen LogP contribution in [0.1, 0.15) is 44.2 Å². The average Bonchev–Trinajstić information content (AvgIpc) is 2.63. The Hall–Kier alpha value is -0.850. The van der Waals surface area contributed by atoms with Crippen LogP contribution in [0.5, 0.6) is 0 Å². The van der Waals surface area contributed by atoms with Gasteiger partial charge in [0.15, 0.2) is 0 Å². The van der Waals surface area contributed by atoms with E-state index in [1.54, 1.807) is 0 Å². The molecule has 0 radical (unpaired) electrons. The Bertz CT molecular complexity index is 588. The number of carbonyl (C=O) groups is 1. The van der Waals surface area contributed by atoms with E-state index >= 15 is 0 Å². The normalized spacial score (nSPS) is 25.8. The fourth-order valence-corrected chi connectivity index (χ4v) is 3.82. The third-order valence-corrected chi connectivity index (χ3v) is 5.48. The number of hydrogen-bond acceptors (Lipinski definition) is 4. The van der Waals surface area contributed by atoms with Gasteiger partial charge in [-0.15, -0.1) is 24.8 Å². The zero-order valence-corrected chi connectivity index (χ0v) is 17.9. The van der Waals surface area contributed by atoms with Gasteiger partial charge < -0.3 is 15.4 Å². The quantitative estimate of drug-likeness (QED) is 0.772. The van der Waals surface area contributed by atoms with Crippen LogP contribution in [0.2, 0.25) is 0 Å². The number of amides is 1. The Kier molecular flexibility index (Phi) is 10.6. The number of morpholine rings is 1. The van der Waals surface area contributed by atoms with Gasteiger partial charge in [0.05, 0.1) is 12.7 Å². The zero-order chi connectivity index (χ0) is 17.6. The number of nitrogens with one attached hydrogen (secondary N) is 2. The fourth-order valence-electron chi connectivity index (χ4n) is 3.82. The lowest BCUT2D eigenvalue weighted by Gasteiger charge is -2.34. The van der Waals surface area contributed by atoms with E-state index in [4.69, 9.17) is 4.74 Å². The maximum absolute atomic E-state index is 12.5. The third-order valence-electron chi connectivity index (χ3n) is 5.48. The molecule has 2 fully saturated rings. The van der Waals surface area contributed by atoms with Crippen molar-refractivity contribution in [2.24, 2.45) is 0 Å². The van der Waals surface area contributed by atoms with Gasteiger partial charge in [-0.25, -0.2) is 0 Å². The molecule has 2 heterocycles. The molecule has 27 heavy (non-hydrogen) atoms. The van der Waals surface area contributed by atoms with E-state index in [1.807, 2.05) is 6.92 Å². The van der Waals surface area contributed by atoms with Crippen LogP contribution in [-0.2, 0) is 22.6 Å². The van der Waals surface area contributed by atoms with E-state index in [0.717, 1.165) is 13.1 Å². The lowest BCUT2D eigenvalue weighted by atomic mass is 10.0. The van der Waals surface area contributed by atoms with Crippen molar-refractivity contribution >= 4 is 30.7 Å². The topological polar surface area (TPSA) is 53.6 Å². The number of piperidine rings is 1. The number of benzene rings is 1. The van der Waals surface area contributed by atoms with Crippen molar-refractivity contribution in [3.8, 4) is 0 Å². The first-order valence-electron chi connectivity index (χ1n) is 9.58. The minimum Gasteiger partial charge on any atom is -0.375 e. The largest absolute Gasteiger partial charge is 0.375 e. The highest BCUT2D eigenvalue weighted by molar-refractivity contribution is 5.85. The zero-order valence-electron chi connectivity index (χ0n) is 16.3. The summed E-state index contributed by atoms with van der Waals surface area (Å²) in [5, 5.41) is 6.33. The molecule has 1 aromatic carbocycles.